The number of carbonyl (C=O) groups is 1. The Morgan fingerprint density at radius 1 is 1.08 bits per heavy atom. The van der Waals surface area contributed by atoms with Gasteiger partial charge in [-0.25, -0.2) is 4.98 Å². The van der Waals surface area contributed by atoms with Crippen LogP contribution < -0.4 is 10.1 Å². The van der Waals surface area contributed by atoms with Crippen molar-refractivity contribution in [3.05, 3.63) is 17.8 Å². The normalized spacial score (nSPS) is 13.3. The van der Waals surface area contributed by atoms with Crippen LogP contribution in [-0.4, -0.2) is 29.7 Å². The molecule has 5 heteroatoms. The first kappa shape index (κ1) is 22.4. The number of ether oxygens (including phenoxy) is 2. The van der Waals surface area contributed by atoms with Crippen LogP contribution in [0, 0.1) is 6.92 Å². The molecule has 1 rings (SSSR count). The van der Waals surface area contributed by atoms with Gasteiger partial charge < -0.3 is 14.8 Å². The van der Waals surface area contributed by atoms with Gasteiger partial charge in [-0.15, -0.1) is 0 Å². The summed E-state index contributed by atoms with van der Waals surface area (Å²) in [7, 11) is 0. The number of pyridine rings is 1. The molecule has 26 heavy (non-hydrogen) atoms. The van der Waals surface area contributed by atoms with Crippen molar-refractivity contribution in [1.82, 2.24) is 4.98 Å². The van der Waals surface area contributed by atoms with E-state index in [0.717, 1.165) is 50.6 Å². The molecule has 1 heterocycles. The van der Waals surface area contributed by atoms with Crippen molar-refractivity contribution in [3.63, 3.8) is 0 Å². The van der Waals surface area contributed by atoms with Crippen molar-refractivity contribution in [2.45, 2.75) is 85.2 Å². The summed E-state index contributed by atoms with van der Waals surface area (Å²) in [5.41, 5.74) is 0.645. The zero-order valence-corrected chi connectivity index (χ0v) is 17.2. The standard InChI is InChI=1S/C21H36N2O3/c1-6-9-11-14-21(5,26-15-8-3)20(24)23-18-12-13-19(22-17(18)4)25-16-10-7-2/h12-13H,6-11,14-16H2,1-5H3,(H,23,24)/t21-/m1/s1. The Bertz CT molecular complexity index is 548. The molecule has 1 atom stereocenters. The Labute approximate surface area is 158 Å². The molecule has 0 aliphatic rings. The maximum atomic E-state index is 12.9. The Hall–Kier alpha value is -1.62. The molecule has 0 bridgehead atoms. The number of hydrogen-bond donors (Lipinski definition) is 1. The number of rotatable bonds is 13. The van der Waals surface area contributed by atoms with E-state index in [0.29, 0.717) is 24.8 Å². The van der Waals surface area contributed by atoms with Crippen molar-refractivity contribution in [1.29, 1.82) is 0 Å². The molecule has 0 fully saturated rings. The maximum Gasteiger partial charge on any atom is 0.256 e. The van der Waals surface area contributed by atoms with E-state index >= 15 is 0 Å². The van der Waals surface area contributed by atoms with Gasteiger partial charge in [0.2, 0.25) is 5.88 Å². The van der Waals surface area contributed by atoms with Crippen molar-refractivity contribution in [2.24, 2.45) is 0 Å². The molecule has 0 aromatic carbocycles. The molecule has 0 radical (unpaired) electrons. The highest BCUT2D eigenvalue weighted by Crippen LogP contribution is 2.24. The molecule has 0 aliphatic heterocycles. The lowest BCUT2D eigenvalue weighted by Gasteiger charge is -2.29. The van der Waals surface area contributed by atoms with Gasteiger partial charge in [-0.1, -0.05) is 46.5 Å². The van der Waals surface area contributed by atoms with Crippen LogP contribution in [0.4, 0.5) is 5.69 Å². The van der Waals surface area contributed by atoms with Gasteiger partial charge in [0.25, 0.3) is 5.91 Å². The molecule has 0 spiro atoms. The number of nitrogens with zero attached hydrogens (tertiary/aromatic N) is 1. The topological polar surface area (TPSA) is 60.5 Å². The SMILES string of the molecule is CCCCC[C@@](C)(OCCC)C(=O)Nc1ccc(OCCCC)nc1C. The molecule has 0 saturated heterocycles. The first-order valence-electron chi connectivity index (χ1n) is 10.0. The smallest absolute Gasteiger partial charge is 0.256 e. The molecule has 1 aromatic rings. The summed E-state index contributed by atoms with van der Waals surface area (Å²) in [6.07, 6.45) is 6.90. The number of unbranched alkanes of at least 4 members (excludes halogenated alkanes) is 3. The van der Waals surface area contributed by atoms with Gasteiger partial charge in [-0.05, 0) is 39.2 Å². The summed E-state index contributed by atoms with van der Waals surface area (Å²) >= 11 is 0. The maximum absolute atomic E-state index is 12.9. The minimum absolute atomic E-state index is 0.105. The fourth-order valence-corrected chi connectivity index (χ4v) is 2.62. The highest BCUT2D eigenvalue weighted by molar-refractivity contribution is 5.97. The summed E-state index contributed by atoms with van der Waals surface area (Å²) in [5, 5.41) is 3.00. The highest BCUT2D eigenvalue weighted by Gasteiger charge is 2.33. The number of nitrogens with one attached hydrogen (secondary N) is 1. The first-order chi connectivity index (χ1) is 12.5. The van der Waals surface area contributed by atoms with E-state index in [9.17, 15) is 4.79 Å². The molecule has 148 valence electrons. The third-order valence-electron chi connectivity index (χ3n) is 4.42. The first-order valence-corrected chi connectivity index (χ1v) is 10.0. The lowest BCUT2D eigenvalue weighted by atomic mass is 9.96. The fraction of sp³-hybridized carbons (Fsp3) is 0.714. The van der Waals surface area contributed by atoms with Gasteiger partial charge in [-0.3, -0.25) is 4.79 Å². The van der Waals surface area contributed by atoms with Gasteiger partial charge >= 0.3 is 0 Å². The minimum Gasteiger partial charge on any atom is -0.478 e. The summed E-state index contributed by atoms with van der Waals surface area (Å²) in [4.78, 5) is 17.3. The summed E-state index contributed by atoms with van der Waals surface area (Å²) in [6.45, 7) is 11.3. The van der Waals surface area contributed by atoms with E-state index in [1.54, 1.807) is 6.07 Å². The van der Waals surface area contributed by atoms with Gasteiger partial charge in [0, 0.05) is 12.7 Å². The number of hydrogen-bond acceptors (Lipinski definition) is 4. The summed E-state index contributed by atoms with van der Waals surface area (Å²) < 4.78 is 11.6. The van der Waals surface area contributed by atoms with Gasteiger partial charge in [0.1, 0.15) is 5.60 Å². The van der Waals surface area contributed by atoms with Gasteiger partial charge in [0.15, 0.2) is 0 Å². The van der Waals surface area contributed by atoms with Crippen LogP contribution in [0.1, 0.15) is 78.3 Å². The zero-order valence-electron chi connectivity index (χ0n) is 17.2. The average molecular weight is 365 g/mol. The molecule has 1 amide bonds. The molecule has 0 saturated carbocycles. The number of anilines is 1. The lowest BCUT2D eigenvalue weighted by Crippen LogP contribution is -2.43. The van der Waals surface area contributed by atoms with Crippen LogP contribution in [0.25, 0.3) is 0 Å². The summed E-state index contributed by atoms with van der Waals surface area (Å²) in [6, 6.07) is 3.66. The largest absolute Gasteiger partial charge is 0.478 e. The van der Waals surface area contributed by atoms with E-state index in [1.165, 1.54) is 0 Å². The Balaban J connectivity index is 2.77. The molecule has 0 aliphatic carbocycles. The highest BCUT2D eigenvalue weighted by atomic mass is 16.5. The van der Waals surface area contributed by atoms with E-state index in [4.69, 9.17) is 9.47 Å². The van der Waals surface area contributed by atoms with Crippen LogP contribution in [0.2, 0.25) is 0 Å². The Morgan fingerprint density at radius 2 is 1.81 bits per heavy atom. The van der Waals surface area contributed by atoms with E-state index in [1.807, 2.05) is 19.9 Å². The van der Waals surface area contributed by atoms with Crippen molar-refractivity contribution < 1.29 is 14.3 Å². The van der Waals surface area contributed by atoms with Crippen LogP contribution in [-0.2, 0) is 9.53 Å². The predicted molar refractivity (Wildman–Crippen MR) is 107 cm³/mol. The van der Waals surface area contributed by atoms with E-state index in [2.05, 4.69) is 31.1 Å². The third kappa shape index (κ3) is 7.32. The Kier molecular flexibility index (Phi) is 10.3. The quantitative estimate of drug-likeness (QED) is 0.484. The predicted octanol–water partition coefficient (Wildman–Crippen LogP) is 5.27. The minimum atomic E-state index is -0.812. The number of aryl methyl sites for hydroxylation is 1. The van der Waals surface area contributed by atoms with Gasteiger partial charge in [-0.2, -0.15) is 0 Å². The lowest BCUT2D eigenvalue weighted by molar-refractivity contribution is -0.140. The van der Waals surface area contributed by atoms with Crippen LogP contribution in [0.3, 0.4) is 0 Å². The van der Waals surface area contributed by atoms with E-state index < -0.39 is 5.60 Å². The molecular formula is C21H36N2O3. The fourth-order valence-electron chi connectivity index (χ4n) is 2.62. The Morgan fingerprint density at radius 3 is 2.42 bits per heavy atom. The molecule has 1 N–H and O–H groups in total. The molecular weight excluding hydrogens is 328 g/mol. The van der Waals surface area contributed by atoms with Crippen LogP contribution >= 0.6 is 0 Å². The molecule has 1 aromatic heterocycles. The van der Waals surface area contributed by atoms with E-state index in [-0.39, 0.29) is 5.91 Å². The zero-order chi connectivity index (χ0) is 19.4. The molecule has 0 unspecified atom stereocenters. The number of aromatic nitrogens is 1. The van der Waals surface area contributed by atoms with Crippen LogP contribution in [0.15, 0.2) is 12.1 Å². The third-order valence-corrected chi connectivity index (χ3v) is 4.42. The van der Waals surface area contributed by atoms with Gasteiger partial charge in [0.05, 0.1) is 18.0 Å². The van der Waals surface area contributed by atoms with Crippen LogP contribution in [0.5, 0.6) is 5.88 Å². The number of carbonyl (C=O) groups excluding carboxylic acids is 1. The molecule has 5 nitrogen and oxygen atoms in total. The second-order valence-electron chi connectivity index (χ2n) is 6.98. The van der Waals surface area contributed by atoms with Crippen molar-refractivity contribution in [3.8, 4) is 5.88 Å². The average Bonchev–Trinajstić information content (AvgIpc) is 2.62. The summed E-state index contributed by atoms with van der Waals surface area (Å²) in [5.74, 6) is 0.494. The second-order valence-corrected chi connectivity index (χ2v) is 6.98. The number of amides is 1. The van der Waals surface area contributed by atoms with Crippen molar-refractivity contribution >= 4 is 11.6 Å². The van der Waals surface area contributed by atoms with Crippen molar-refractivity contribution in [2.75, 3.05) is 18.5 Å². The second kappa shape index (κ2) is 11.9. The monoisotopic (exact) mass is 364 g/mol.